The third-order valence-corrected chi connectivity index (χ3v) is 5.13. The molecule has 0 spiro atoms. The molecule has 0 amide bonds. The Kier molecular flexibility index (Phi) is 5.83. The lowest BCUT2D eigenvalue weighted by molar-refractivity contribution is 0.0600. The Labute approximate surface area is 187 Å². The molecule has 0 aliphatic heterocycles. The summed E-state index contributed by atoms with van der Waals surface area (Å²) in [5.74, 6) is -0.448. The number of carbonyl (C=O) groups is 1. The predicted molar refractivity (Wildman–Crippen MR) is 120 cm³/mol. The molecule has 0 aliphatic rings. The molecule has 0 bridgehead atoms. The van der Waals surface area contributed by atoms with Crippen LogP contribution in [0.2, 0.25) is 0 Å². The Balaban J connectivity index is 1.90. The van der Waals surface area contributed by atoms with Crippen molar-refractivity contribution < 1.29 is 9.53 Å². The van der Waals surface area contributed by atoms with Crippen molar-refractivity contribution in [3.05, 3.63) is 88.7 Å². The fourth-order valence-electron chi connectivity index (χ4n) is 3.06. The number of pyridine rings is 3. The Morgan fingerprint density at radius 2 is 1.52 bits per heavy atom. The highest BCUT2D eigenvalue weighted by atomic mass is 79.9. The van der Waals surface area contributed by atoms with Gasteiger partial charge < -0.3 is 4.74 Å². The number of aromatic nitrogens is 3. The largest absolute Gasteiger partial charge is 0.465 e. The average Bonchev–Trinajstić information content (AvgIpc) is 2.83. The molecule has 7 heteroatoms. The van der Waals surface area contributed by atoms with Crippen LogP contribution in [0.1, 0.15) is 15.9 Å². The molecule has 0 aliphatic carbocycles. The first kappa shape index (κ1) is 20.4. The molecule has 150 valence electrons. The first-order chi connectivity index (χ1) is 15.1. The molecule has 0 N–H and O–H groups in total. The number of hydrogen-bond acceptors (Lipinski definition) is 6. The number of carbonyl (C=O) groups excluding carboxylic acids is 1. The van der Waals surface area contributed by atoms with E-state index < -0.39 is 5.97 Å². The highest BCUT2D eigenvalue weighted by Gasteiger charge is 2.13. The molecular formula is C24H15BrN4O2. The van der Waals surface area contributed by atoms with Crippen LogP contribution in [0.15, 0.2) is 77.5 Å². The Morgan fingerprint density at radius 3 is 2.16 bits per heavy atom. The fourth-order valence-corrected chi connectivity index (χ4v) is 3.32. The van der Waals surface area contributed by atoms with Crippen LogP contribution in [0.3, 0.4) is 0 Å². The predicted octanol–water partition coefficient (Wildman–Crippen LogP) is 5.29. The molecule has 3 heterocycles. The zero-order valence-electron chi connectivity index (χ0n) is 16.4. The lowest BCUT2D eigenvalue weighted by Crippen LogP contribution is -2.02. The Hall–Kier alpha value is -3.89. The Bertz CT molecular complexity index is 1310. The molecule has 0 saturated carbocycles. The smallest absolute Gasteiger partial charge is 0.337 e. The zero-order valence-corrected chi connectivity index (χ0v) is 18.0. The van der Waals surface area contributed by atoms with E-state index in [1.807, 2.05) is 36.4 Å². The maximum atomic E-state index is 12.0. The highest BCUT2D eigenvalue weighted by molar-refractivity contribution is 9.10. The second-order valence-electron chi connectivity index (χ2n) is 6.60. The van der Waals surface area contributed by atoms with Crippen molar-refractivity contribution in [2.75, 3.05) is 7.11 Å². The van der Waals surface area contributed by atoms with E-state index in [4.69, 9.17) is 9.72 Å². The third kappa shape index (κ3) is 4.49. The summed E-state index contributed by atoms with van der Waals surface area (Å²) in [5, 5.41) is 9.25. The van der Waals surface area contributed by atoms with Crippen LogP contribution in [-0.2, 0) is 4.74 Å². The number of nitriles is 1. The standard InChI is InChI=1S/C24H15BrN4O2/c1-31-24(30)17-7-9-28-21(11-17)23-13-18(16-2-4-19(25)5-3-16)12-22(29-23)20-10-15(14-26)6-8-27-20/h2-13H,1H3. The fraction of sp³-hybridized carbons (Fsp3) is 0.0417. The second-order valence-corrected chi connectivity index (χ2v) is 7.51. The quantitative estimate of drug-likeness (QED) is 0.376. The molecule has 0 saturated heterocycles. The third-order valence-electron chi connectivity index (χ3n) is 4.60. The van der Waals surface area contributed by atoms with E-state index in [1.165, 1.54) is 7.11 Å². The van der Waals surface area contributed by atoms with E-state index >= 15 is 0 Å². The van der Waals surface area contributed by atoms with Gasteiger partial charge in [0, 0.05) is 16.9 Å². The minimum absolute atomic E-state index is 0.384. The van der Waals surface area contributed by atoms with Gasteiger partial charge in [0.05, 0.1) is 47.1 Å². The Morgan fingerprint density at radius 1 is 0.871 bits per heavy atom. The van der Waals surface area contributed by atoms with Crippen LogP contribution < -0.4 is 0 Å². The number of halogens is 1. The molecule has 4 rings (SSSR count). The van der Waals surface area contributed by atoms with Crippen molar-refractivity contribution in [3.8, 4) is 40.0 Å². The summed E-state index contributed by atoms with van der Waals surface area (Å²) in [4.78, 5) is 25.5. The van der Waals surface area contributed by atoms with Crippen LogP contribution in [0.4, 0.5) is 0 Å². The van der Waals surface area contributed by atoms with Crippen LogP contribution >= 0.6 is 15.9 Å². The summed E-state index contributed by atoms with van der Waals surface area (Å²) in [6.07, 6.45) is 3.13. The van der Waals surface area contributed by atoms with Crippen LogP contribution in [0.5, 0.6) is 0 Å². The normalized spacial score (nSPS) is 10.4. The number of methoxy groups -OCH3 is 1. The molecule has 4 aromatic rings. The highest BCUT2D eigenvalue weighted by Crippen LogP contribution is 2.30. The van der Waals surface area contributed by atoms with Gasteiger partial charge in [-0.05, 0) is 59.7 Å². The van der Waals surface area contributed by atoms with Gasteiger partial charge in [0.1, 0.15) is 0 Å². The number of esters is 1. The van der Waals surface area contributed by atoms with Gasteiger partial charge in [-0.15, -0.1) is 0 Å². The molecule has 0 unspecified atom stereocenters. The summed E-state index contributed by atoms with van der Waals surface area (Å²) < 4.78 is 5.79. The number of benzene rings is 1. The summed E-state index contributed by atoms with van der Waals surface area (Å²) in [6, 6.07) is 20.4. The summed E-state index contributed by atoms with van der Waals surface area (Å²) >= 11 is 3.46. The van der Waals surface area contributed by atoms with Gasteiger partial charge in [0.2, 0.25) is 0 Å². The van der Waals surface area contributed by atoms with Gasteiger partial charge >= 0.3 is 5.97 Å². The number of hydrogen-bond donors (Lipinski definition) is 0. The minimum Gasteiger partial charge on any atom is -0.465 e. The van der Waals surface area contributed by atoms with Crippen molar-refractivity contribution in [2.24, 2.45) is 0 Å². The van der Waals surface area contributed by atoms with E-state index in [0.29, 0.717) is 33.9 Å². The number of nitrogens with zero attached hydrogens (tertiary/aromatic N) is 4. The summed E-state index contributed by atoms with van der Waals surface area (Å²) in [6.45, 7) is 0. The zero-order chi connectivity index (χ0) is 21.8. The lowest BCUT2D eigenvalue weighted by atomic mass is 10.0. The van der Waals surface area contributed by atoms with Gasteiger partial charge in [0.15, 0.2) is 0 Å². The van der Waals surface area contributed by atoms with E-state index in [9.17, 15) is 10.1 Å². The van der Waals surface area contributed by atoms with Crippen LogP contribution in [0, 0.1) is 11.3 Å². The molecule has 6 nitrogen and oxygen atoms in total. The summed E-state index contributed by atoms with van der Waals surface area (Å²) in [5.41, 5.74) is 5.03. The molecule has 0 atom stereocenters. The lowest BCUT2D eigenvalue weighted by Gasteiger charge is -2.10. The average molecular weight is 471 g/mol. The van der Waals surface area contributed by atoms with Gasteiger partial charge in [-0.3, -0.25) is 9.97 Å². The maximum Gasteiger partial charge on any atom is 0.337 e. The second kappa shape index (κ2) is 8.86. The minimum atomic E-state index is -0.448. The van der Waals surface area contributed by atoms with Crippen molar-refractivity contribution >= 4 is 21.9 Å². The van der Waals surface area contributed by atoms with Crippen molar-refractivity contribution in [1.29, 1.82) is 5.26 Å². The summed E-state index contributed by atoms with van der Waals surface area (Å²) in [7, 11) is 1.33. The van der Waals surface area contributed by atoms with Crippen molar-refractivity contribution in [3.63, 3.8) is 0 Å². The van der Waals surface area contributed by atoms with Gasteiger partial charge in [-0.25, -0.2) is 9.78 Å². The van der Waals surface area contributed by atoms with E-state index in [0.717, 1.165) is 15.6 Å². The molecule has 3 aromatic heterocycles. The van der Waals surface area contributed by atoms with Crippen LogP contribution in [0.25, 0.3) is 33.9 Å². The maximum absolute atomic E-state index is 12.0. The number of rotatable bonds is 4. The topological polar surface area (TPSA) is 88.8 Å². The van der Waals surface area contributed by atoms with Gasteiger partial charge in [-0.2, -0.15) is 5.26 Å². The monoisotopic (exact) mass is 470 g/mol. The van der Waals surface area contributed by atoms with E-state index in [1.54, 1.807) is 36.7 Å². The first-order valence-electron chi connectivity index (χ1n) is 9.26. The van der Waals surface area contributed by atoms with Crippen molar-refractivity contribution in [2.45, 2.75) is 0 Å². The van der Waals surface area contributed by atoms with Crippen molar-refractivity contribution in [1.82, 2.24) is 15.0 Å². The number of ether oxygens (including phenoxy) is 1. The molecule has 31 heavy (non-hydrogen) atoms. The molecular weight excluding hydrogens is 456 g/mol. The SMILES string of the molecule is COC(=O)c1ccnc(-c2cc(-c3ccc(Br)cc3)cc(-c3cc(C#N)ccn3)n2)c1. The molecule has 1 aromatic carbocycles. The molecule has 0 fully saturated rings. The van der Waals surface area contributed by atoms with Gasteiger partial charge in [-0.1, -0.05) is 28.1 Å². The van der Waals surface area contributed by atoms with E-state index in [2.05, 4.69) is 32.0 Å². The van der Waals surface area contributed by atoms with Crippen LogP contribution in [-0.4, -0.2) is 28.0 Å². The first-order valence-corrected chi connectivity index (χ1v) is 10.1. The molecule has 0 radical (unpaired) electrons. The van der Waals surface area contributed by atoms with E-state index in [-0.39, 0.29) is 0 Å². The van der Waals surface area contributed by atoms with Gasteiger partial charge in [0.25, 0.3) is 0 Å².